The number of rotatable bonds is 6. The summed E-state index contributed by atoms with van der Waals surface area (Å²) in [6.07, 6.45) is 0.410. The van der Waals surface area contributed by atoms with Gasteiger partial charge in [-0.25, -0.2) is 4.79 Å². The Morgan fingerprint density at radius 2 is 1.95 bits per heavy atom. The van der Waals surface area contributed by atoms with E-state index in [9.17, 15) is 9.59 Å². The number of carbonyl (C=O) groups is 2. The largest absolute Gasteiger partial charge is 0.480 e. The topological polar surface area (TPSA) is 66.4 Å². The molecule has 2 N–H and O–H groups in total. The quantitative estimate of drug-likeness (QED) is 0.847. The zero-order chi connectivity index (χ0) is 15.3. The van der Waals surface area contributed by atoms with Crippen LogP contribution < -0.4 is 5.32 Å². The van der Waals surface area contributed by atoms with Crippen LogP contribution in [0, 0.1) is 5.92 Å². The zero-order valence-corrected chi connectivity index (χ0v) is 12.8. The van der Waals surface area contributed by atoms with Gasteiger partial charge in [-0.1, -0.05) is 43.1 Å². The zero-order valence-electron chi connectivity index (χ0n) is 11.3. The highest BCUT2D eigenvalue weighted by Gasteiger charge is 2.21. The number of carbonyl (C=O) groups excluding carboxylic acids is 1. The minimum absolute atomic E-state index is 0.0257. The lowest BCUT2D eigenvalue weighted by atomic mass is 10.0. The molecule has 0 radical (unpaired) electrons. The van der Waals surface area contributed by atoms with Crippen LogP contribution in [0.2, 0.25) is 10.0 Å². The van der Waals surface area contributed by atoms with Gasteiger partial charge in [-0.15, -0.1) is 0 Å². The van der Waals surface area contributed by atoms with E-state index in [0.717, 1.165) is 0 Å². The van der Waals surface area contributed by atoms with E-state index in [1.165, 1.54) is 0 Å². The number of halogens is 2. The maximum Gasteiger partial charge on any atom is 0.326 e. The first-order valence-electron chi connectivity index (χ1n) is 6.25. The molecule has 0 saturated heterocycles. The van der Waals surface area contributed by atoms with E-state index >= 15 is 0 Å². The third-order valence-electron chi connectivity index (χ3n) is 2.71. The van der Waals surface area contributed by atoms with Gasteiger partial charge in [-0.2, -0.15) is 0 Å². The van der Waals surface area contributed by atoms with Crippen LogP contribution in [-0.2, 0) is 16.0 Å². The molecule has 0 aliphatic carbocycles. The van der Waals surface area contributed by atoms with Crippen LogP contribution in [0.15, 0.2) is 18.2 Å². The smallest absolute Gasteiger partial charge is 0.326 e. The summed E-state index contributed by atoms with van der Waals surface area (Å²) in [5.74, 6) is -1.23. The van der Waals surface area contributed by atoms with Crippen molar-refractivity contribution < 1.29 is 14.7 Å². The molecule has 1 atom stereocenters. The fraction of sp³-hybridized carbons (Fsp3) is 0.429. The number of aliphatic carboxylic acids is 1. The number of amides is 1. The number of nitrogens with one attached hydrogen (secondary N) is 1. The summed E-state index contributed by atoms with van der Waals surface area (Å²) in [7, 11) is 0. The Kier molecular flexibility index (Phi) is 6.30. The van der Waals surface area contributed by atoms with Gasteiger partial charge in [0.2, 0.25) is 5.91 Å². The minimum Gasteiger partial charge on any atom is -0.480 e. The second kappa shape index (κ2) is 7.50. The second-order valence-corrected chi connectivity index (χ2v) is 5.84. The summed E-state index contributed by atoms with van der Waals surface area (Å²) in [6, 6.07) is 3.96. The lowest BCUT2D eigenvalue weighted by Gasteiger charge is -2.16. The summed E-state index contributed by atoms with van der Waals surface area (Å²) in [4.78, 5) is 23.0. The van der Waals surface area contributed by atoms with Crippen LogP contribution in [0.5, 0.6) is 0 Å². The monoisotopic (exact) mass is 317 g/mol. The van der Waals surface area contributed by atoms with Crippen LogP contribution >= 0.6 is 23.2 Å². The molecule has 0 aliphatic heterocycles. The molecule has 1 unspecified atom stereocenters. The number of carboxylic acid groups (broad SMARTS) is 1. The van der Waals surface area contributed by atoms with E-state index in [1.807, 2.05) is 13.8 Å². The lowest BCUT2D eigenvalue weighted by molar-refractivity contribution is -0.142. The van der Waals surface area contributed by atoms with Crippen LogP contribution in [0.1, 0.15) is 25.8 Å². The van der Waals surface area contributed by atoms with Gasteiger partial charge in [0, 0.05) is 10.0 Å². The van der Waals surface area contributed by atoms with E-state index < -0.39 is 12.0 Å². The van der Waals surface area contributed by atoms with Crippen LogP contribution in [0.4, 0.5) is 0 Å². The number of hydrogen-bond donors (Lipinski definition) is 2. The lowest BCUT2D eigenvalue weighted by Crippen LogP contribution is -2.42. The maximum atomic E-state index is 11.9. The maximum absolute atomic E-state index is 11.9. The molecule has 20 heavy (non-hydrogen) atoms. The van der Waals surface area contributed by atoms with Gasteiger partial charge in [0.25, 0.3) is 0 Å². The Morgan fingerprint density at radius 1 is 1.30 bits per heavy atom. The average molecular weight is 318 g/mol. The van der Waals surface area contributed by atoms with Crippen molar-refractivity contribution in [1.29, 1.82) is 0 Å². The van der Waals surface area contributed by atoms with Crippen LogP contribution in [0.25, 0.3) is 0 Å². The Hall–Kier alpha value is -1.26. The number of carboxylic acids is 1. The Balaban J connectivity index is 2.68. The van der Waals surface area contributed by atoms with E-state index in [-0.39, 0.29) is 18.2 Å². The fourth-order valence-corrected chi connectivity index (χ4v) is 2.25. The van der Waals surface area contributed by atoms with Gasteiger partial charge in [-0.3, -0.25) is 4.79 Å². The molecule has 0 spiro atoms. The molecule has 4 nitrogen and oxygen atoms in total. The predicted octanol–water partition coefficient (Wildman–Crippen LogP) is 3.15. The van der Waals surface area contributed by atoms with Gasteiger partial charge in [-0.05, 0) is 30.0 Å². The van der Waals surface area contributed by atoms with Crippen molar-refractivity contribution in [3.8, 4) is 0 Å². The molecule has 1 aromatic rings. The van der Waals surface area contributed by atoms with Gasteiger partial charge in [0.05, 0.1) is 6.42 Å². The molecule has 0 saturated carbocycles. The van der Waals surface area contributed by atoms with E-state index in [4.69, 9.17) is 28.3 Å². The summed E-state index contributed by atoms with van der Waals surface area (Å²) >= 11 is 11.8. The molecule has 0 aromatic heterocycles. The minimum atomic E-state index is -1.03. The van der Waals surface area contributed by atoms with E-state index in [2.05, 4.69) is 5.32 Å². The molecule has 110 valence electrons. The van der Waals surface area contributed by atoms with Crippen LogP contribution in [0.3, 0.4) is 0 Å². The molecular formula is C14H17Cl2NO3. The molecule has 1 amide bonds. The van der Waals surface area contributed by atoms with E-state index in [1.54, 1.807) is 18.2 Å². The molecule has 6 heteroatoms. The summed E-state index contributed by atoms with van der Waals surface area (Å²) in [6.45, 7) is 3.80. The Labute approximate surface area is 128 Å². The van der Waals surface area contributed by atoms with Crippen molar-refractivity contribution in [2.24, 2.45) is 5.92 Å². The van der Waals surface area contributed by atoms with Crippen molar-refractivity contribution in [2.45, 2.75) is 32.7 Å². The molecule has 0 bridgehead atoms. The average Bonchev–Trinajstić information content (AvgIpc) is 2.31. The van der Waals surface area contributed by atoms with Crippen molar-refractivity contribution in [1.82, 2.24) is 5.32 Å². The normalized spacial score (nSPS) is 12.2. The summed E-state index contributed by atoms with van der Waals surface area (Å²) < 4.78 is 0. The van der Waals surface area contributed by atoms with Crippen molar-refractivity contribution in [2.75, 3.05) is 0 Å². The third-order valence-corrected chi connectivity index (χ3v) is 3.29. The fourth-order valence-electron chi connectivity index (χ4n) is 1.78. The SMILES string of the molecule is CC(C)CC(NC(=O)Cc1ccc(Cl)cc1Cl)C(=O)O. The highest BCUT2D eigenvalue weighted by molar-refractivity contribution is 6.35. The Bertz CT molecular complexity index is 503. The standard InChI is InChI=1S/C14H17Cl2NO3/c1-8(2)5-12(14(19)20)17-13(18)6-9-3-4-10(15)7-11(9)16/h3-4,7-8,12H,5-6H2,1-2H3,(H,17,18)(H,19,20). The van der Waals surface area contributed by atoms with Gasteiger partial charge >= 0.3 is 5.97 Å². The van der Waals surface area contributed by atoms with Gasteiger partial charge in [0.1, 0.15) is 6.04 Å². The van der Waals surface area contributed by atoms with Crippen molar-refractivity contribution in [3.63, 3.8) is 0 Å². The first kappa shape index (κ1) is 16.8. The van der Waals surface area contributed by atoms with Crippen molar-refractivity contribution >= 4 is 35.1 Å². The summed E-state index contributed by atoms with van der Waals surface area (Å²) in [5.41, 5.74) is 0.613. The van der Waals surface area contributed by atoms with Crippen molar-refractivity contribution in [3.05, 3.63) is 33.8 Å². The molecular weight excluding hydrogens is 301 g/mol. The molecule has 0 fully saturated rings. The highest BCUT2D eigenvalue weighted by Crippen LogP contribution is 2.21. The molecule has 0 heterocycles. The molecule has 1 rings (SSSR count). The highest BCUT2D eigenvalue weighted by atomic mass is 35.5. The molecule has 1 aromatic carbocycles. The molecule has 0 aliphatic rings. The van der Waals surface area contributed by atoms with Crippen LogP contribution in [-0.4, -0.2) is 23.0 Å². The van der Waals surface area contributed by atoms with Gasteiger partial charge in [0.15, 0.2) is 0 Å². The second-order valence-electron chi connectivity index (χ2n) is 5.00. The summed E-state index contributed by atoms with van der Waals surface area (Å²) in [5, 5.41) is 12.5. The third kappa shape index (κ3) is 5.39. The predicted molar refractivity (Wildman–Crippen MR) is 79.2 cm³/mol. The first-order chi connectivity index (χ1) is 9.29. The first-order valence-corrected chi connectivity index (χ1v) is 7.01. The van der Waals surface area contributed by atoms with E-state index in [0.29, 0.717) is 22.0 Å². The number of hydrogen-bond acceptors (Lipinski definition) is 2. The Morgan fingerprint density at radius 3 is 2.45 bits per heavy atom. The van der Waals surface area contributed by atoms with Gasteiger partial charge < -0.3 is 10.4 Å². The number of benzene rings is 1.